The number of para-hydroxylation sites is 1. The lowest BCUT2D eigenvalue weighted by Gasteiger charge is -2.35. The second-order valence-electron chi connectivity index (χ2n) is 6.78. The number of halogens is 1. The number of rotatable bonds is 2. The van der Waals surface area contributed by atoms with Gasteiger partial charge in [-0.2, -0.15) is 0 Å². The van der Waals surface area contributed by atoms with Gasteiger partial charge in [0.05, 0.1) is 0 Å². The highest BCUT2D eigenvalue weighted by Crippen LogP contribution is 2.31. The molecule has 2 atom stereocenters. The molecular formula is C18H25ClN2O2. The van der Waals surface area contributed by atoms with E-state index >= 15 is 0 Å². The minimum absolute atomic E-state index is 0. The third-order valence-electron chi connectivity index (χ3n) is 5.44. The summed E-state index contributed by atoms with van der Waals surface area (Å²) in [6.07, 6.45) is 5.28. The van der Waals surface area contributed by atoms with Gasteiger partial charge >= 0.3 is 0 Å². The van der Waals surface area contributed by atoms with E-state index in [1.54, 1.807) is 0 Å². The van der Waals surface area contributed by atoms with Gasteiger partial charge in [0.15, 0.2) is 6.10 Å². The molecule has 4 rings (SSSR count). The Bertz CT molecular complexity index is 527. The van der Waals surface area contributed by atoms with Gasteiger partial charge in [0.2, 0.25) is 0 Å². The van der Waals surface area contributed by atoms with Crippen LogP contribution in [-0.2, 0) is 11.2 Å². The molecule has 0 bridgehead atoms. The Hall–Kier alpha value is -1.26. The lowest BCUT2D eigenvalue weighted by molar-refractivity contribution is -0.139. The molecule has 3 aliphatic rings. The molecule has 0 saturated carbocycles. The maximum absolute atomic E-state index is 12.7. The van der Waals surface area contributed by atoms with E-state index in [1.165, 1.54) is 12.8 Å². The van der Waals surface area contributed by atoms with Crippen LogP contribution >= 0.6 is 12.4 Å². The third kappa shape index (κ3) is 3.33. The van der Waals surface area contributed by atoms with Gasteiger partial charge in [0.25, 0.3) is 5.91 Å². The van der Waals surface area contributed by atoms with Crippen LogP contribution in [-0.4, -0.2) is 42.6 Å². The molecule has 0 spiro atoms. The maximum atomic E-state index is 12.7. The summed E-state index contributed by atoms with van der Waals surface area (Å²) in [5.41, 5.74) is 1.16. The molecule has 1 N–H and O–H groups in total. The first-order valence-electron chi connectivity index (χ1n) is 8.58. The first kappa shape index (κ1) is 16.6. The molecule has 3 aliphatic heterocycles. The normalized spacial score (nSPS) is 27.2. The molecule has 1 aromatic rings. The van der Waals surface area contributed by atoms with Gasteiger partial charge in [-0.25, -0.2) is 0 Å². The molecule has 2 unspecified atom stereocenters. The predicted molar refractivity (Wildman–Crippen MR) is 92.1 cm³/mol. The van der Waals surface area contributed by atoms with Gasteiger partial charge in [-0.3, -0.25) is 4.79 Å². The van der Waals surface area contributed by atoms with Crippen molar-refractivity contribution < 1.29 is 9.53 Å². The van der Waals surface area contributed by atoms with Crippen LogP contribution in [0.25, 0.3) is 0 Å². The Balaban J connectivity index is 0.00000156. The molecule has 0 aromatic heterocycles. The number of ether oxygens (including phenoxy) is 1. The average molecular weight is 337 g/mol. The van der Waals surface area contributed by atoms with Crippen molar-refractivity contribution in [3.63, 3.8) is 0 Å². The number of carbonyl (C=O) groups excluding carboxylic acids is 1. The fraction of sp³-hybridized carbons (Fsp3) is 0.611. The van der Waals surface area contributed by atoms with Crippen molar-refractivity contribution in [2.75, 3.05) is 19.6 Å². The summed E-state index contributed by atoms with van der Waals surface area (Å²) in [6, 6.07) is 8.67. The van der Waals surface area contributed by atoms with E-state index in [0.717, 1.165) is 56.1 Å². The van der Waals surface area contributed by atoms with Crippen LogP contribution in [0.5, 0.6) is 5.75 Å². The molecule has 1 amide bonds. The highest BCUT2D eigenvalue weighted by molar-refractivity contribution is 5.85. The average Bonchev–Trinajstić information content (AvgIpc) is 3.23. The first-order valence-corrected chi connectivity index (χ1v) is 8.58. The van der Waals surface area contributed by atoms with Crippen molar-refractivity contribution in [3.05, 3.63) is 29.8 Å². The lowest BCUT2D eigenvalue weighted by Crippen LogP contribution is -2.47. The van der Waals surface area contributed by atoms with Crippen LogP contribution in [0.3, 0.4) is 0 Å². The number of hydrogen-bond donors (Lipinski definition) is 1. The van der Waals surface area contributed by atoms with Gasteiger partial charge in [-0.05, 0) is 49.8 Å². The Morgan fingerprint density at radius 1 is 1.17 bits per heavy atom. The summed E-state index contributed by atoms with van der Waals surface area (Å²) in [7, 11) is 0. The zero-order valence-electron chi connectivity index (χ0n) is 13.4. The third-order valence-corrected chi connectivity index (χ3v) is 5.44. The van der Waals surface area contributed by atoms with Gasteiger partial charge in [0, 0.05) is 25.6 Å². The number of carbonyl (C=O) groups is 1. The predicted octanol–water partition coefficient (Wildman–Crippen LogP) is 2.40. The Morgan fingerprint density at radius 3 is 2.65 bits per heavy atom. The zero-order valence-corrected chi connectivity index (χ0v) is 14.2. The molecule has 2 fully saturated rings. The fourth-order valence-corrected chi connectivity index (χ4v) is 4.16. The summed E-state index contributed by atoms with van der Waals surface area (Å²) in [6.45, 7) is 2.94. The van der Waals surface area contributed by atoms with E-state index in [4.69, 9.17) is 4.74 Å². The zero-order chi connectivity index (χ0) is 14.9. The molecule has 126 valence electrons. The summed E-state index contributed by atoms with van der Waals surface area (Å²) < 4.78 is 5.85. The smallest absolute Gasteiger partial charge is 0.263 e. The van der Waals surface area contributed by atoms with Crippen molar-refractivity contribution in [1.29, 1.82) is 0 Å². The number of nitrogens with one attached hydrogen (secondary N) is 1. The van der Waals surface area contributed by atoms with Gasteiger partial charge in [0.1, 0.15) is 5.75 Å². The Kier molecular flexibility index (Phi) is 5.12. The molecule has 23 heavy (non-hydrogen) atoms. The molecule has 0 radical (unpaired) electrons. The van der Waals surface area contributed by atoms with Crippen LogP contribution in [0.4, 0.5) is 0 Å². The molecule has 5 heteroatoms. The Labute approximate surface area is 144 Å². The van der Waals surface area contributed by atoms with Gasteiger partial charge < -0.3 is 15.0 Å². The number of piperidine rings is 1. The fourth-order valence-electron chi connectivity index (χ4n) is 4.16. The van der Waals surface area contributed by atoms with Crippen LogP contribution in [0.2, 0.25) is 0 Å². The number of nitrogens with zero attached hydrogens (tertiary/aromatic N) is 1. The standard InChI is InChI=1S/C18H24N2O2.ClH/c21-18(17-12-14-4-1-2-6-16(14)22-17)20-10-7-13(8-11-20)15-5-3-9-19-15;/h1-2,4,6,13,15,17,19H,3,5,7-12H2;1H. The Morgan fingerprint density at radius 2 is 1.96 bits per heavy atom. The monoisotopic (exact) mass is 336 g/mol. The van der Waals surface area contributed by atoms with Crippen molar-refractivity contribution in [3.8, 4) is 5.75 Å². The highest BCUT2D eigenvalue weighted by atomic mass is 35.5. The summed E-state index contributed by atoms with van der Waals surface area (Å²) in [5.74, 6) is 1.80. The van der Waals surface area contributed by atoms with Gasteiger partial charge in [-0.15, -0.1) is 12.4 Å². The SMILES string of the molecule is Cl.O=C(C1Cc2ccccc2O1)N1CCC(C2CCCN2)CC1. The van der Waals surface area contributed by atoms with Gasteiger partial charge in [-0.1, -0.05) is 18.2 Å². The molecule has 3 heterocycles. The van der Waals surface area contributed by atoms with E-state index < -0.39 is 0 Å². The number of benzene rings is 1. The second-order valence-corrected chi connectivity index (χ2v) is 6.78. The van der Waals surface area contributed by atoms with E-state index in [0.29, 0.717) is 6.04 Å². The highest BCUT2D eigenvalue weighted by Gasteiger charge is 2.35. The van der Waals surface area contributed by atoms with Crippen LogP contribution in [0.15, 0.2) is 24.3 Å². The van der Waals surface area contributed by atoms with Crippen molar-refractivity contribution in [1.82, 2.24) is 10.2 Å². The summed E-state index contributed by atoms with van der Waals surface area (Å²) >= 11 is 0. The van der Waals surface area contributed by atoms with Crippen molar-refractivity contribution in [2.24, 2.45) is 5.92 Å². The minimum atomic E-state index is -0.307. The van der Waals surface area contributed by atoms with Crippen LogP contribution in [0.1, 0.15) is 31.2 Å². The summed E-state index contributed by atoms with van der Waals surface area (Å²) in [4.78, 5) is 14.7. The number of hydrogen-bond acceptors (Lipinski definition) is 3. The largest absolute Gasteiger partial charge is 0.480 e. The number of fused-ring (bicyclic) bond motifs is 1. The molecular weight excluding hydrogens is 312 g/mol. The molecule has 0 aliphatic carbocycles. The lowest BCUT2D eigenvalue weighted by atomic mass is 9.88. The van der Waals surface area contributed by atoms with E-state index in [-0.39, 0.29) is 24.4 Å². The van der Waals surface area contributed by atoms with Crippen LogP contribution in [0, 0.1) is 5.92 Å². The maximum Gasteiger partial charge on any atom is 0.263 e. The minimum Gasteiger partial charge on any atom is -0.480 e. The molecule has 2 saturated heterocycles. The molecule has 1 aromatic carbocycles. The van der Waals surface area contributed by atoms with E-state index in [1.807, 2.05) is 23.1 Å². The van der Waals surface area contributed by atoms with Crippen LogP contribution < -0.4 is 10.1 Å². The second kappa shape index (κ2) is 7.10. The first-order chi connectivity index (χ1) is 10.8. The van der Waals surface area contributed by atoms with E-state index in [9.17, 15) is 4.79 Å². The van der Waals surface area contributed by atoms with Crippen molar-refractivity contribution >= 4 is 18.3 Å². The number of amides is 1. The van der Waals surface area contributed by atoms with Crippen molar-refractivity contribution in [2.45, 2.75) is 44.2 Å². The van der Waals surface area contributed by atoms with E-state index in [2.05, 4.69) is 11.4 Å². The topological polar surface area (TPSA) is 41.6 Å². The summed E-state index contributed by atoms with van der Waals surface area (Å²) in [5, 5.41) is 3.61. The number of likely N-dealkylation sites (tertiary alicyclic amines) is 1. The quantitative estimate of drug-likeness (QED) is 0.901. The molecule has 4 nitrogen and oxygen atoms in total.